The van der Waals surface area contributed by atoms with Crippen LogP contribution in [0.25, 0.3) is 0 Å². The number of nitrogens with one attached hydrogen (secondary N) is 1. The highest BCUT2D eigenvalue weighted by atomic mass is 16.2. The van der Waals surface area contributed by atoms with Crippen molar-refractivity contribution in [1.29, 1.82) is 0 Å². The van der Waals surface area contributed by atoms with Crippen LogP contribution >= 0.6 is 0 Å². The van der Waals surface area contributed by atoms with Gasteiger partial charge in [-0.05, 0) is 31.9 Å². The lowest BCUT2D eigenvalue weighted by molar-refractivity contribution is -0.136. The number of hydrogen-bond donors (Lipinski definition) is 1. The van der Waals surface area contributed by atoms with Gasteiger partial charge in [-0.3, -0.25) is 4.79 Å². The molecule has 3 heterocycles. The second-order valence-electron chi connectivity index (χ2n) is 6.82. The van der Waals surface area contributed by atoms with E-state index in [0.717, 1.165) is 56.5 Å². The molecule has 3 rings (SSSR count). The van der Waals surface area contributed by atoms with Crippen LogP contribution in [0.15, 0.2) is 30.5 Å². The summed E-state index contributed by atoms with van der Waals surface area (Å²) in [5.74, 6) is 3.51. The van der Waals surface area contributed by atoms with Crippen LogP contribution in [0.4, 0.5) is 17.5 Å². The van der Waals surface area contributed by atoms with Gasteiger partial charge in [0.2, 0.25) is 5.91 Å². The van der Waals surface area contributed by atoms with Crippen molar-refractivity contribution in [2.45, 2.75) is 33.6 Å². The van der Waals surface area contributed by atoms with Crippen molar-refractivity contribution in [3.8, 4) is 0 Å². The molecule has 1 aliphatic rings. The van der Waals surface area contributed by atoms with Gasteiger partial charge < -0.3 is 15.1 Å². The van der Waals surface area contributed by atoms with E-state index in [9.17, 15) is 4.79 Å². The summed E-state index contributed by atoms with van der Waals surface area (Å²) in [5.41, 5.74) is 0. The fraction of sp³-hybridized carbons (Fsp3) is 0.500. The van der Waals surface area contributed by atoms with Crippen molar-refractivity contribution >= 4 is 23.4 Å². The number of pyridine rings is 1. The molecule has 0 radical (unpaired) electrons. The monoisotopic (exact) mass is 368 g/mol. The van der Waals surface area contributed by atoms with E-state index in [4.69, 9.17) is 0 Å². The van der Waals surface area contributed by atoms with Crippen LogP contribution in [-0.4, -0.2) is 51.9 Å². The molecule has 27 heavy (non-hydrogen) atoms. The Morgan fingerprint density at radius 3 is 2.48 bits per heavy atom. The third kappa shape index (κ3) is 4.72. The van der Waals surface area contributed by atoms with Gasteiger partial charge >= 0.3 is 0 Å². The van der Waals surface area contributed by atoms with Crippen molar-refractivity contribution in [2.24, 2.45) is 5.92 Å². The number of carbonyl (C=O) groups excluding carboxylic acids is 1. The van der Waals surface area contributed by atoms with Crippen LogP contribution < -0.4 is 10.2 Å². The Bertz CT molecular complexity index is 754. The summed E-state index contributed by atoms with van der Waals surface area (Å²) in [5, 5.41) is 3.23. The first-order valence-electron chi connectivity index (χ1n) is 9.68. The lowest BCUT2D eigenvalue weighted by atomic mass is 10.0. The number of aromatic nitrogens is 3. The molecule has 0 bridgehead atoms. The summed E-state index contributed by atoms with van der Waals surface area (Å²) in [6.07, 6.45) is 3.56. The number of aryl methyl sites for hydroxylation is 1. The molecular weight excluding hydrogens is 340 g/mol. The lowest BCUT2D eigenvalue weighted by Gasteiger charge is -2.37. The Labute approximate surface area is 160 Å². The standard InChI is InChI=1S/C20H28N6O/c1-4-16(5-2)20(27)26-12-10-25(11-13-26)19-14-18(22-15(3)23-19)24-17-8-6-7-9-21-17/h6-9,14,16H,4-5,10-13H2,1-3H3,(H,21,22,23,24). The smallest absolute Gasteiger partial charge is 0.225 e. The minimum atomic E-state index is 0.145. The number of piperazine rings is 1. The van der Waals surface area contributed by atoms with Gasteiger partial charge in [0.1, 0.15) is 23.3 Å². The minimum Gasteiger partial charge on any atom is -0.353 e. The van der Waals surface area contributed by atoms with E-state index >= 15 is 0 Å². The molecule has 2 aromatic heterocycles. The first-order valence-corrected chi connectivity index (χ1v) is 9.68. The van der Waals surface area contributed by atoms with E-state index in [2.05, 4.69) is 39.0 Å². The van der Waals surface area contributed by atoms with Crippen LogP contribution in [0, 0.1) is 12.8 Å². The van der Waals surface area contributed by atoms with Gasteiger partial charge in [0.25, 0.3) is 0 Å². The zero-order valence-electron chi connectivity index (χ0n) is 16.4. The Balaban J connectivity index is 1.66. The highest BCUT2D eigenvalue weighted by Crippen LogP contribution is 2.21. The van der Waals surface area contributed by atoms with Crippen molar-refractivity contribution in [3.05, 3.63) is 36.3 Å². The van der Waals surface area contributed by atoms with E-state index < -0.39 is 0 Å². The molecular formula is C20H28N6O. The number of amides is 1. The molecule has 0 aliphatic carbocycles. The molecule has 7 nitrogen and oxygen atoms in total. The van der Waals surface area contributed by atoms with Crippen molar-refractivity contribution in [2.75, 3.05) is 36.4 Å². The quantitative estimate of drug-likeness (QED) is 0.845. The molecule has 0 aromatic carbocycles. The van der Waals surface area contributed by atoms with E-state index in [1.807, 2.05) is 36.1 Å². The molecule has 0 atom stereocenters. The van der Waals surface area contributed by atoms with Crippen LogP contribution in [0.3, 0.4) is 0 Å². The summed E-state index contributed by atoms with van der Waals surface area (Å²) < 4.78 is 0. The van der Waals surface area contributed by atoms with E-state index in [-0.39, 0.29) is 11.8 Å². The second-order valence-corrected chi connectivity index (χ2v) is 6.82. The number of anilines is 3. The highest BCUT2D eigenvalue weighted by Gasteiger charge is 2.26. The predicted octanol–water partition coefficient (Wildman–Crippen LogP) is 3.01. The van der Waals surface area contributed by atoms with Crippen molar-refractivity contribution in [1.82, 2.24) is 19.9 Å². The number of hydrogen-bond acceptors (Lipinski definition) is 6. The molecule has 0 spiro atoms. The first-order chi connectivity index (χ1) is 13.1. The second kappa shape index (κ2) is 8.79. The van der Waals surface area contributed by atoms with Crippen molar-refractivity contribution < 1.29 is 4.79 Å². The average Bonchev–Trinajstić information content (AvgIpc) is 2.69. The van der Waals surface area contributed by atoms with Crippen LogP contribution in [0.2, 0.25) is 0 Å². The maximum atomic E-state index is 12.6. The van der Waals surface area contributed by atoms with Gasteiger partial charge in [0, 0.05) is 44.4 Å². The first kappa shape index (κ1) is 19.1. The fourth-order valence-corrected chi connectivity index (χ4v) is 3.40. The van der Waals surface area contributed by atoms with Crippen LogP contribution in [0.5, 0.6) is 0 Å². The van der Waals surface area contributed by atoms with Gasteiger partial charge in [-0.15, -0.1) is 0 Å². The van der Waals surface area contributed by atoms with E-state index in [0.29, 0.717) is 5.82 Å². The summed E-state index contributed by atoms with van der Waals surface area (Å²) in [4.78, 5) is 30.1. The molecule has 2 aromatic rings. The summed E-state index contributed by atoms with van der Waals surface area (Å²) in [7, 11) is 0. The molecule has 7 heteroatoms. The molecule has 0 unspecified atom stereocenters. The fourth-order valence-electron chi connectivity index (χ4n) is 3.40. The van der Waals surface area contributed by atoms with E-state index in [1.54, 1.807) is 6.20 Å². The highest BCUT2D eigenvalue weighted by molar-refractivity contribution is 5.79. The number of carbonyl (C=O) groups is 1. The average molecular weight is 368 g/mol. The lowest BCUT2D eigenvalue weighted by Crippen LogP contribution is -2.50. The van der Waals surface area contributed by atoms with Gasteiger partial charge in [-0.2, -0.15) is 0 Å². The zero-order valence-corrected chi connectivity index (χ0v) is 16.4. The van der Waals surface area contributed by atoms with Crippen molar-refractivity contribution in [3.63, 3.8) is 0 Å². The largest absolute Gasteiger partial charge is 0.353 e. The maximum Gasteiger partial charge on any atom is 0.225 e. The molecule has 1 amide bonds. The molecule has 1 aliphatic heterocycles. The summed E-state index contributed by atoms with van der Waals surface area (Å²) >= 11 is 0. The Hall–Kier alpha value is -2.70. The third-order valence-corrected chi connectivity index (χ3v) is 5.00. The van der Waals surface area contributed by atoms with Crippen LogP contribution in [0.1, 0.15) is 32.5 Å². The van der Waals surface area contributed by atoms with E-state index in [1.165, 1.54) is 0 Å². The third-order valence-electron chi connectivity index (χ3n) is 5.00. The SMILES string of the molecule is CCC(CC)C(=O)N1CCN(c2cc(Nc3ccccn3)nc(C)n2)CC1. The Kier molecular flexibility index (Phi) is 6.21. The molecule has 1 saturated heterocycles. The van der Waals surface area contributed by atoms with Gasteiger partial charge in [-0.1, -0.05) is 19.9 Å². The normalized spacial score (nSPS) is 14.5. The molecule has 1 fully saturated rings. The van der Waals surface area contributed by atoms with Gasteiger partial charge in [0.05, 0.1) is 0 Å². The van der Waals surface area contributed by atoms with Gasteiger partial charge in [-0.25, -0.2) is 15.0 Å². The summed E-state index contributed by atoms with van der Waals surface area (Å²) in [6, 6.07) is 7.66. The molecule has 0 saturated carbocycles. The summed E-state index contributed by atoms with van der Waals surface area (Å²) in [6.45, 7) is 9.10. The zero-order chi connectivity index (χ0) is 19.2. The number of rotatable bonds is 6. The number of nitrogens with zero attached hydrogens (tertiary/aromatic N) is 5. The Morgan fingerprint density at radius 1 is 1.11 bits per heavy atom. The van der Waals surface area contributed by atoms with Crippen LogP contribution in [-0.2, 0) is 4.79 Å². The molecule has 1 N–H and O–H groups in total. The molecule has 144 valence electrons. The minimum absolute atomic E-state index is 0.145. The topological polar surface area (TPSA) is 74.2 Å². The van der Waals surface area contributed by atoms with Gasteiger partial charge in [0.15, 0.2) is 0 Å². The predicted molar refractivity (Wildman–Crippen MR) is 107 cm³/mol. The maximum absolute atomic E-state index is 12.6. The Morgan fingerprint density at radius 2 is 1.85 bits per heavy atom.